The Morgan fingerprint density at radius 3 is 2.26 bits per heavy atom. The minimum absolute atomic E-state index is 0.0296. The number of nitrogens with zero attached hydrogens (tertiary/aromatic N) is 1. The van der Waals surface area contributed by atoms with Crippen LogP contribution in [0, 0.1) is 0 Å². The maximum atomic E-state index is 12.3. The number of hydrogen-bond donors (Lipinski definition) is 1. The summed E-state index contributed by atoms with van der Waals surface area (Å²) in [4.78, 5) is 24.8. The van der Waals surface area contributed by atoms with Crippen LogP contribution < -0.4 is 9.47 Å². The molecule has 1 unspecified atom stereocenters. The van der Waals surface area contributed by atoms with Crippen molar-refractivity contribution in [2.45, 2.75) is 45.2 Å². The second-order valence-electron chi connectivity index (χ2n) is 5.65. The number of benzene rings is 1. The molecule has 1 aliphatic rings. The molecular formula is C17H23NO5. The molecule has 0 aliphatic heterocycles. The summed E-state index contributed by atoms with van der Waals surface area (Å²) in [5, 5.41) is 9.12. The van der Waals surface area contributed by atoms with Gasteiger partial charge in [-0.2, -0.15) is 0 Å². The van der Waals surface area contributed by atoms with E-state index in [1.54, 1.807) is 24.3 Å². The maximum Gasteiger partial charge on any atom is 0.326 e. The summed E-state index contributed by atoms with van der Waals surface area (Å²) in [7, 11) is 0. The number of carbonyl (C=O) groups excluding carboxylic acids is 1. The minimum Gasteiger partial charge on any atom is -0.494 e. The number of aliphatic carboxylic acids is 1. The molecule has 126 valence electrons. The SMILES string of the molecule is CCCOc1ccc(OCC(=O)N(C2CC2)C(C)C(=O)O)cc1. The van der Waals surface area contributed by atoms with Crippen molar-refractivity contribution in [3.8, 4) is 11.5 Å². The molecule has 0 heterocycles. The predicted octanol–water partition coefficient (Wildman–Crippen LogP) is 2.32. The molecule has 1 saturated carbocycles. The first-order valence-corrected chi connectivity index (χ1v) is 7.92. The van der Waals surface area contributed by atoms with Crippen molar-refractivity contribution >= 4 is 11.9 Å². The molecule has 1 amide bonds. The quantitative estimate of drug-likeness (QED) is 0.755. The van der Waals surface area contributed by atoms with Gasteiger partial charge in [0, 0.05) is 6.04 Å². The van der Waals surface area contributed by atoms with Crippen molar-refractivity contribution in [2.75, 3.05) is 13.2 Å². The molecule has 1 aromatic carbocycles. The topological polar surface area (TPSA) is 76.1 Å². The van der Waals surface area contributed by atoms with Crippen molar-refractivity contribution in [3.05, 3.63) is 24.3 Å². The molecule has 1 atom stereocenters. The van der Waals surface area contributed by atoms with E-state index in [2.05, 4.69) is 0 Å². The lowest BCUT2D eigenvalue weighted by Crippen LogP contribution is -2.46. The highest BCUT2D eigenvalue weighted by Crippen LogP contribution is 2.29. The summed E-state index contributed by atoms with van der Waals surface area (Å²) in [5.41, 5.74) is 0. The van der Waals surface area contributed by atoms with Crippen LogP contribution in [0.5, 0.6) is 11.5 Å². The predicted molar refractivity (Wildman–Crippen MR) is 84.7 cm³/mol. The third-order valence-corrected chi connectivity index (χ3v) is 3.66. The van der Waals surface area contributed by atoms with Crippen molar-refractivity contribution in [1.29, 1.82) is 0 Å². The molecule has 1 N–H and O–H groups in total. The van der Waals surface area contributed by atoms with E-state index in [4.69, 9.17) is 14.6 Å². The van der Waals surface area contributed by atoms with Gasteiger partial charge in [-0.3, -0.25) is 4.79 Å². The van der Waals surface area contributed by atoms with Gasteiger partial charge in [-0.15, -0.1) is 0 Å². The lowest BCUT2D eigenvalue weighted by Gasteiger charge is -2.26. The van der Waals surface area contributed by atoms with Gasteiger partial charge in [0.2, 0.25) is 0 Å². The highest BCUT2D eigenvalue weighted by atomic mass is 16.5. The van der Waals surface area contributed by atoms with E-state index in [1.807, 2.05) is 6.92 Å². The number of hydrogen-bond acceptors (Lipinski definition) is 4. The zero-order chi connectivity index (χ0) is 16.8. The second kappa shape index (κ2) is 7.85. The third-order valence-electron chi connectivity index (χ3n) is 3.66. The van der Waals surface area contributed by atoms with Crippen LogP contribution in [0.3, 0.4) is 0 Å². The molecule has 0 bridgehead atoms. The molecule has 2 rings (SSSR count). The Balaban J connectivity index is 1.88. The van der Waals surface area contributed by atoms with Crippen LogP contribution in [0.2, 0.25) is 0 Å². The van der Waals surface area contributed by atoms with E-state index >= 15 is 0 Å². The lowest BCUT2D eigenvalue weighted by atomic mass is 10.2. The van der Waals surface area contributed by atoms with Gasteiger partial charge in [0.25, 0.3) is 5.91 Å². The Morgan fingerprint density at radius 1 is 1.22 bits per heavy atom. The van der Waals surface area contributed by atoms with Crippen molar-refractivity contribution in [2.24, 2.45) is 0 Å². The highest BCUT2D eigenvalue weighted by molar-refractivity contribution is 5.84. The van der Waals surface area contributed by atoms with Gasteiger partial charge >= 0.3 is 5.97 Å². The van der Waals surface area contributed by atoms with Crippen LogP contribution in [0.1, 0.15) is 33.1 Å². The van der Waals surface area contributed by atoms with Gasteiger partial charge in [0.05, 0.1) is 6.61 Å². The van der Waals surface area contributed by atoms with Crippen molar-refractivity contribution in [3.63, 3.8) is 0 Å². The first-order valence-electron chi connectivity index (χ1n) is 7.92. The van der Waals surface area contributed by atoms with Gasteiger partial charge in [0.1, 0.15) is 17.5 Å². The molecule has 0 saturated heterocycles. The molecule has 0 radical (unpaired) electrons. The van der Waals surface area contributed by atoms with Crippen LogP contribution >= 0.6 is 0 Å². The summed E-state index contributed by atoms with van der Waals surface area (Å²) in [5.74, 6) is 0.0157. The number of ether oxygens (including phenoxy) is 2. The summed E-state index contributed by atoms with van der Waals surface area (Å²) < 4.78 is 11.0. The minimum atomic E-state index is -0.998. The average molecular weight is 321 g/mol. The van der Waals surface area contributed by atoms with E-state index < -0.39 is 12.0 Å². The van der Waals surface area contributed by atoms with Gasteiger partial charge in [0.15, 0.2) is 6.61 Å². The van der Waals surface area contributed by atoms with E-state index in [-0.39, 0.29) is 18.6 Å². The number of carboxylic acids is 1. The molecule has 6 nitrogen and oxygen atoms in total. The molecule has 1 aliphatic carbocycles. The standard InChI is InChI=1S/C17H23NO5/c1-3-10-22-14-6-8-15(9-7-14)23-11-16(19)18(13-4-5-13)12(2)17(20)21/h6-9,12-13H,3-5,10-11H2,1-2H3,(H,20,21). The summed E-state index contributed by atoms with van der Waals surface area (Å²) in [6, 6.07) is 6.24. The molecule has 6 heteroatoms. The van der Waals surface area contributed by atoms with Gasteiger partial charge in [-0.05, 0) is 50.5 Å². The van der Waals surface area contributed by atoms with Crippen LogP contribution in [0.25, 0.3) is 0 Å². The summed E-state index contributed by atoms with van der Waals surface area (Å²) in [6.45, 7) is 4.05. The molecule has 0 spiro atoms. The van der Waals surface area contributed by atoms with Crippen molar-refractivity contribution < 1.29 is 24.2 Å². The maximum absolute atomic E-state index is 12.3. The molecule has 23 heavy (non-hydrogen) atoms. The second-order valence-corrected chi connectivity index (χ2v) is 5.65. The van der Waals surface area contributed by atoms with Crippen LogP contribution in [-0.2, 0) is 9.59 Å². The highest BCUT2D eigenvalue weighted by Gasteiger charge is 2.38. The Labute approximate surface area is 136 Å². The van der Waals surface area contributed by atoms with E-state index in [0.717, 1.165) is 25.0 Å². The lowest BCUT2D eigenvalue weighted by molar-refractivity contribution is -0.150. The first-order chi connectivity index (χ1) is 11.0. The van der Waals surface area contributed by atoms with Gasteiger partial charge in [-0.25, -0.2) is 4.79 Å². The Bertz CT molecular complexity index is 538. The number of amides is 1. The van der Waals surface area contributed by atoms with Crippen LogP contribution in [0.4, 0.5) is 0 Å². The normalized spacial score (nSPS) is 14.9. The average Bonchev–Trinajstić information content (AvgIpc) is 3.36. The van der Waals surface area contributed by atoms with E-state index in [9.17, 15) is 9.59 Å². The van der Waals surface area contributed by atoms with Gasteiger partial charge < -0.3 is 19.5 Å². The third kappa shape index (κ3) is 4.87. The molecular weight excluding hydrogens is 298 g/mol. The van der Waals surface area contributed by atoms with Gasteiger partial charge in [-0.1, -0.05) is 6.92 Å². The zero-order valence-corrected chi connectivity index (χ0v) is 13.5. The molecule has 0 aromatic heterocycles. The fourth-order valence-corrected chi connectivity index (χ4v) is 2.28. The summed E-state index contributed by atoms with van der Waals surface area (Å²) >= 11 is 0. The first kappa shape index (κ1) is 17.1. The number of rotatable bonds is 9. The number of carboxylic acid groups (broad SMARTS) is 1. The largest absolute Gasteiger partial charge is 0.494 e. The molecule has 1 fully saturated rings. The summed E-state index contributed by atoms with van der Waals surface area (Å²) in [6.07, 6.45) is 2.64. The Kier molecular flexibility index (Phi) is 5.84. The van der Waals surface area contributed by atoms with Crippen molar-refractivity contribution in [1.82, 2.24) is 4.90 Å². The monoisotopic (exact) mass is 321 g/mol. The van der Waals surface area contributed by atoms with E-state index in [1.165, 1.54) is 11.8 Å². The zero-order valence-electron chi connectivity index (χ0n) is 13.5. The van der Waals surface area contributed by atoms with Crippen LogP contribution in [0.15, 0.2) is 24.3 Å². The number of carbonyl (C=O) groups is 2. The molecule has 1 aromatic rings. The Morgan fingerprint density at radius 2 is 1.78 bits per heavy atom. The fourth-order valence-electron chi connectivity index (χ4n) is 2.28. The van der Waals surface area contributed by atoms with E-state index in [0.29, 0.717) is 12.4 Å². The van der Waals surface area contributed by atoms with Crippen LogP contribution in [-0.4, -0.2) is 47.2 Å². The smallest absolute Gasteiger partial charge is 0.326 e. The Hall–Kier alpha value is -2.24. The fraction of sp³-hybridized carbons (Fsp3) is 0.529.